The van der Waals surface area contributed by atoms with Crippen LogP contribution in [0, 0.1) is 20.8 Å². The highest BCUT2D eigenvalue weighted by Crippen LogP contribution is 2.32. The predicted molar refractivity (Wildman–Crippen MR) is 125 cm³/mol. The zero-order valence-corrected chi connectivity index (χ0v) is 18.9. The van der Waals surface area contributed by atoms with Crippen LogP contribution in [0.15, 0.2) is 55.1 Å². The summed E-state index contributed by atoms with van der Waals surface area (Å²) in [6.45, 7) is 7.45. The zero-order valence-electron chi connectivity index (χ0n) is 18.0. The average molecular weight is 435 g/mol. The third-order valence-corrected chi connectivity index (χ3v) is 6.45. The minimum absolute atomic E-state index is 0.0239. The highest BCUT2D eigenvalue weighted by molar-refractivity contribution is 7.22. The number of ether oxygens (including phenoxy) is 1. The fourth-order valence-electron chi connectivity index (χ4n) is 3.42. The first-order valence-electron chi connectivity index (χ1n) is 10.3. The molecular formula is C24H26N4O2S. The number of carbonyl (C=O) groups is 1. The number of imidazole rings is 1. The van der Waals surface area contributed by atoms with Crippen LogP contribution in [0.2, 0.25) is 0 Å². The molecule has 0 N–H and O–H groups in total. The third kappa shape index (κ3) is 4.77. The maximum atomic E-state index is 13.2. The second-order valence-electron chi connectivity index (χ2n) is 7.60. The second-order valence-corrected chi connectivity index (χ2v) is 8.61. The molecule has 0 saturated heterocycles. The van der Waals surface area contributed by atoms with Gasteiger partial charge >= 0.3 is 0 Å². The van der Waals surface area contributed by atoms with Gasteiger partial charge in [0.1, 0.15) is 5.75 Å². The van der Waals surface area contributed by atoms with Crippen LogP contribution in [0.5, 0.6) is 5.75 Å². The number of amides is 1. The highest BCUT2D eigenvalue weighted by atomic mass is 32.1. The largest absolute Gasteiger partial charge is 0.483 e. The number of fused-ring (bicyclic) bond motifs is 1. The van der Waals surface area contributed by atoms with E-state index < -0.39 is 0 Å². The summed E-state index contributed by atoms with van der Waals surface area (Å²) in [4.78, 5) is 23.9. The number of aromatic nitrogens is 3. The van der Waals surface area contributed by atoms with Crippen molar-refractivity contribution in [1.82, 2.24) is 14.5 Å². The lowest BCUT2D eigenvalue weighted by molar-refractivity contribution is -0.120. The van der Waals surface area contributed by atoms with Gasteiger partial charge in [0, 0.05) is 25.5 Å². The molecule has 0 radical (unpaired) electrons. The highest BCUT2D eigenvalue weighted by Gasteiger charge is 2.21. The molecule has 4 rings (SSSR count). The Bertz CT molecular complexity index is 1180. The number of nitrogens with zero attached hydrogens (tertiary/aromatic N) is 4. The van der Waals surface area contributed by atoms with E-state index in [1.807, 2.05) is 42.0 Å². The van der Waals surface area contributed by atoms with Crippen LogP contribution in [0.1, 0.15) is 23.1 Å². The summed E-state index contributed by atoms with van der Waals surface area (Å²) in [6.07, 6.45) is 6.27. The first-order chi connectivity index (χ1) is 15.0. The molecule has 2 aromatic carbocycles. The number of hydrogen-bond donors (Lipinski definition) is 0. The van der Waals surface area contributed by atoms with E-state index in [0.717, 1.165) is 40.1 Å². The van der Waals surface area contributed by atoms with Crippen LogP contribution in [0.3, 0.4) is 0 Å². The summed E-state index contributed by atoms with van der Waals surface area (Å²) >= 11 is 1.55. The lowest BCUT2D eigenvalue weighted by Crippen LogP contribution is -2.36. The van der Waals surface area contributed by atoms with E-state index in [1.165, 1.54) is 5.56 Å². The van der Waals surface area contributed by atoms with Crippen molar-refractivity contribution < 1.29 is 9.53 Å². The van der Waals surface area contributed by atoms with Gasteiger partial charge in [0.15, 0.2) is 11.7 Å². The maximum Gasteiger partial charge on any atom is 0.266 e. The Hall–Kier alpha value is -3.19. The number of anilines is 1. The van der Waals surface area contributed by atoms with Gasteiger partial charge < -0.3 is 9.30 Å². The smallest absolute Gasteiger partial charge is 0.266 e. The molecule has 0 spiro atoms. The van der Waals surface area contributed by atoms with Gasteiger partial charge in [0.05, 0.1) is 16.5 Å². The van der Waals surface area contributed by atoms with E-state index in [-0.39, 0.29) is 12.5 Å². The van der Waals surface area contributed by atoms with E-state index in [4.69, 9.17) is 9.72 Å². The van der Waals surface area contributed by atoms with Gasteiger partial charge in [-0.15, -0.1) is 0 Å². The third-order valence-electron chi connectivity index (χ3n) is 5.41. The van der Waals surface area contributed by atoms with E-state index in [0.29, 0.717) is 11.7 Å². The van der Waals surface area contributed by atoms with Crippen LogP contribution in [0.25, 0.3) is 10.2 Å². The van der Waals surface area contributed by atoms with Gasteiger partial charge in [-0.05, 0) is 56.0 Å². The van der Waals surface area contributed by atoms with Crippen LogP contribution >= 0.6 is 11.3 Å². The van der Waals surface area contributed by atoms with Crippen LogP contribution < -0.4 is 9.64 Å². The van der Waals surface area contributed by atoms with Gasteiger partial charge in [0.25, 0.3) is 5.91 Å². The fraction of sp³-hybridized carbons (Fsp3) is 0.292. The van der Waals surface area contributed by atoms with Gasteiger partial charge in [-0.3, -0.25) is 9.69 Å². The van der Waals surface area contributed by atoms with Crippen LogP contribution in [0.4, 0.5) is 5.13 Å². The molecule has 0 aliphatic heterocycles. The average Bonchev–Trinajstić information content (AvgIpc) is 3.43. The Morgan fingerprint density at radius 1 is 1.13 bits per heavy atom. The second kappa shape index (κ2) is 9.31. The Labute approximate surface area is 186 Å². The Morgan fingerprint density at radius 3 is 2.74 bits per heavy atom. The Kier molecular flexibility index (Phi) is 6.32. The van der Waals surface area contributed by atoms with Crippen LogP contribution in [-0.2, 0) is 11.3 Å². The minimum Gasteiger partial charge on any atom is -0.483 e. The summed E-state index contributed by atoms with van der Waals surface area (Å²) in [5.41, 5.74) is 4.33. The van der Waals surface area contributed by atoms with Crippen molar-refractivity contribution in [3.63, 3.8) is 0 Å². The SMILES string of the molecule is Cc1ccccc1OCC(=O)N(CCCn1ccnc1)c1nc2c(C)c(C)ccc2s1. The van der Waals surface area contributed by atoms with E-state index >= 15 is 0 Å². The number of para-hydroxylation sites is 1. The molecule has 0 atom stereocenters. The van der Waals surface area contributed by atoms with Crippen molar-refractivity contribution in [2.45, 2.75) is 33.7 Å². The normalized spacial score (nSPS) is 11.1. The molecule has 160 valence electrons. The molecular weight excluding hydrogens is 408 g/mol. The summed E-state index contributed by atoms with van der Waals surface area (Å²) in [5, 5.41) is 0.715. The van der Waals surface area contributed by atoms with Crippen molar-refractivity contribution in [3.8, 4) is 5.75 Å². The number of rotatable bonds is 8. The van der Waals surface area contributed by atoms with E-state index in [9.17, 15) is 4.79 Å². The van der Waals surface area contributed by atoms with Gasteiger partial charge in [-0.25, -0.2) is 9.97 Å². The zero-order chi connectivity index (χ0) is 21.8. The molecule has 7 heteroatoms. The molecule has 6 nitrogen and oxygen atoms in total. The van der Waals surface area contributed by atoms with Gasteiger partial charge in [-0.1, -0.05) is 35.6 Å². The predicted octanol–water partition coefficient (Wildman–Crippen LogP) is 4.92. The minimum atomic E-state index is -0.0951. The molecule has 0 bridgehead atoms. The monoisotopic (exact) mass is 434 g/mol. The van der Waals surface area contributed by atoms with E-state index in [2.05, 4.69) is 31.0 Å². The molecule has 4 aromatic rings. The summed E-state index contributed by atoms with van der Waals surface area (Å²) in [5.74, 6) is 0.632. The molecule has 0 saturated carbocycles. The summed E-state index contributed by atoms with van der Waals surface area (Å²) < 4.78 is 8.94. The Morgan fingerprint density at radius 2 is 1.97 bits per heavy atom. The first kappa shape index (κ1) is 21.1. The maximum absolute atomic E-state index is 13.2. The van der Waals surface area contributed by atoms with Crippen molar-refractivity contribution in [3.05, 3.63) is 71.8 Å². The number of hydrogen-bond acceptors (Lipinski definition) is 5. The molecule has 0 aliphatic rings. The quantitative estimate of drug-likeness (QED) is 0.395. The number of aryl methyl sites for hydroxylation is 4. The van der Waals surface area contributed by atoms with Crippen LogP contribution in [-0.4, -0.2) is 33.6 Å². The molecule has 0 unspecified atom stereocenters. The van der Waals surface area contributed by atoms with Gasteiger partial charge in [-0.2, -0.15) is 0 Å². The van der Waals surface area contributed by atoms with E-state index in [1.54, 1.807) is 28.8 Å². The summed E-state index contributed by atoms with van der Waals surface area (Å²) in [6, 6.07) is 11.9. The van der Waals surface area contributed by atoms with Crippen molar-refractivity contribution in [1.29, 1.82) is 0 Å². The number of benzene rings is 2. The fourth-order valence-corrected chi connectivity index (χ4v) is 4.49. The molecule has 0 aliphatic carbocycles. The van der Waals surface area contributed by atoms with Crippen molar-refractivity contribution in [2.75, 3.05) is 18.1 Å². The lowest BCUT2D eigenvalue weighted by atomic mass is 10.1. The van der Waals surface area contributed by atoms with Gasteiger partial charge in [0.2, 0.25) is 0 Å². The lowest BCUT2D eigenvalue weighted by Gasteiger charge is -2.20. The Balaban J connectivity index is 1.55. The topological polar surface area (TPSA) is 60.2 Å². The molecule has 0 fully saturated rings. The van der Waals surface area contributed by atoms with Crippen molar-refractivity contribution in [2.24, 2.45) is 0 Å². The van der Waals surface area contributed by atoms with Crippen molar-refractivity contribution >= 4 is 32.6 Å². The molecule has 31 heavy (non-hydrogen) atoms. The molecule has 2 heterocycles. The molecule has 2 aromatic heterocycles. The number of carbonyl (C=O) groups excluding carboxylic acids is 1. The number of thiazole rings is 1. The standard InChI is InChI=1S/C24H26N4O2S/c1-17-9-10-21-23(19(17)3)26-24(31-21)28(13-6-12-27-14-11-25-16-27)22(29)15-30-20-8-5-4-7-18(20)2/h4-5,7-11,14,16H,6,12-13,15H2,1-3H3. The summed E-state index contributed by atoms with van der Waals surface area (Å²) in [7, 11) is 0. The first-order valence-corrected chi connectivity index (χ1v) is 11.2. The molecule has 1 amide bonds.